The molecule has 1 aliphatic rings. The van der Waals surface area contributed by atoms with Gasteiger partial charge in [-0.1, -0.05) is 53.6 Å². The molecule has 1 atom stereocenters. The Bertz CT molecular complexity index is 890. The minimum Gasteiger partial charge on any atom is -0.329 e. The summed E-state index contributed by atoms with van der Waals surface area (Å²) in [6, 6.07) is 6.99. The van der Waals surface area contributed by atoms with Gasteiger partial charge in [0.1, 0.15) is 10.7 Å². The van der Waals surface area contributed by atoms with Crippen molar-refractivity contribution in [2.24, 2.45) is 7.05 Å². The number of nitrogens with zero attached hydrogens (tertiary/aromatic N) is 2. The Morgan fingerprint density at radius 2 is 2.04 bits per heavy atom. The highest BCUT2D eigenvalue weighted by Crippen LogP contribution is 2.38. The number of benzene rings is 1. The van der Waals surface area contributed by atoms with Crippen LogP contribution in [0.25, 0.3) is 5.57 Å². The van der Waals surface area contributed by atoms with Crippen molar-refractivity contribution >= 4 is 34.7 Å². The number of amides is 1. The summed E-state index contributed by atoms with van der Waals surface area (Å²) in [4.78, 5) is 11.4. The first-order valence-corrected chi connectivity index (χ1v) is 8.52. The molecular weight excluding hydrogens is 383 g/mol. The van der Waals surface area contributed by atoms with Gasteiger partial charge < -0.3 is 5.32 Å². The lowest BCUT2D eigenvalue weighted by Crippen LogP contribution is -2.45. The Hall–Kier alpha value is -2.18. The number of hydrogen-bond donors (Lipinski definition) is 1. The summed E-state index contributed by atoms with van der Waals surface area (Å²) in [5, 5.41) is 6.90. The summed E-state index contributed by atoms with van der Waals surface area (Å²) < 4.78 is 27.4. The predicted molar refractivity (Wildman–Crippen MR) is 97.4 cm³/mol. The molecule has 1 N–H and O–H groups in total. The summed E-state index contributed by atoms with van der Waals surface area (Å²) in [7, 11) is 1.47. The Morgan fingerprint density at radius 1 is 1.35 bits per heavy atom. The smallest absolute Gasteiger partial charge is 0.282 e. The molecule has 1 aromatic carbocycles. The zero-order valence-electron chi connectivity index (χ0n) is 13.7. The summed E-state index contributed by atoms with van der Waals surface area (Å²) in [6.45, 7) is 0. The van der Waals surface area contributed by atoms with Gasteiger partial charge >= 0.3 is 0 Å². The first-order chi connectivity index (χ1) is 12.3. The standard InChI is InChI=1S/C18H15Cl2F2N3O/c1-25-10-13(15(24-25)16(21)22)17(26)23-18(20)9-3-2-4-14(18)11-5-7-12(19)8-6-11/h2-8,10,16H,9H2,1H3,(H,23,26). The fraction of sp³-hybridized carbons (Fsp3) is 0.222. The van der Waals surface area contributed by atoms with Gasteiger partial charge in [0.2, 0.25) is 0 Å². The maximum atomic E-state index is 13.1. The van der Waals surface area contributed by atoms with E-state index in [4.69, 9.17) is 23.2 Å². The van der Waals surface area contributed by atoms with Crippen molar-refractivity contribution < 1.29 is 13.6 Å². The van der Waals surface area contributed by atoms with Gasteiger partial charge in [-0.05, 0) is 17.7 Å². The Morgan fingerprint density at radius 3 is 2.69 bits per heavy atom. The lowest BCUT2D eigenvalue weighted by molar-refractivity contribution is 0.0924. The van der Waals surface area contributed by atoms with Crippen LogP contribution in [0.5, 0.6) is 0 Å². The van der Waals surface area contributed by atoms with Crippen LogP contribution < -0.4 is 5.32 Å². The van der Waals surface area contributed by atoms with Crippen molar-refractivity contribution in [3.05, 3.63) is 70.5 Å². The zero-order chi connectivity index (χ0) is 18.9. The molecule has 1 heterocycles. The van der Waals surface area contributed by atoms with Gasteiger partial charge in [-0.15, -0.1) is 0 Å². The van der Waals surface area contributed by atoms with Crippen LogP contribution in [0.15, 0.2) is 48.7 Å². The quantitative estimate of drug-likeness (QED) is 0.599. The summed E-state index contributed by atoms with van der Waals surface area (Å²) >= 11 is 12.6. The molecule has 0 aliphatic heterocycles. The van der Waals surface area contributed by atoms with Crippen molar-refractivity contribution in [2.45, 2.75) is 17.8 Å². The second-order valence-corrected chi connectivity index (χ2v) is 6.96. The Kier molecular flexibility index (Phi) is 5.16. The van der Waals surface area contributed by atoms with E-state index >= 15 is 0 Å². The molecule has 3 rings (SSSR count). The van der Waals surface area contributed by atoms with Gasteiger partial charge in [-0.3, -0.25) is 9.48 Å². The van der Waals surface area contributed by atoms with Gasteiger partial charge in [-0.2, -0.15) is 5.10 Å². The van der Waals surface area contributed by atoms with Crippen LogP contribution in [-0.2, 0) is 7.05 Å². The van der Waals surface area contributed by atoms with Crippen LogP contribution in [0.3, 0.4) is 0 Å². The van der Waals surface area contributed by atoms with Crippen molar-refractivity contribution in [3.63, 3.8) is 0 Å². The third kappa shape index (κ3) is 3.66. The lowest BCUT2D eigenvalue weighted by Gasteiger charge is -2.32. The first-order valence-electron chi connectivity index (χ1n) is 7.76. The number of carbonyl (C=O) groups excluding carboxylic acids is 1. The molecule has 0 spiro atoms. The van der Waals surface area contributed by atoms with Crippen LogP contribution in [0.4, 0.5) is 8.78 Å². The highest BCUT2D eigenvalue weighted by Gasteiger charge is 2.36. The van der Waals surface area contributed by atoms with E-state index in [-0.39, 0.29) is 5.56 Å². The van der Waals surface area contributed by atoms with E-state index in [1.54, 1.807) is 36.4 Å². The first kappa shape index (κ1) is 18.6. The average Bonchev–Trinajstić information content (AvgIpc) is 2.98. The SMILES string of the molecule is Cn1cc(C(=O)NC2(Cl)CC=CC=C2c2ccc(Cl)cc2)c(C(F)F)n1. The van der Waals surface area contributed by atoms with Gasteiger partial charge in [0.25, 0.3) is 12.3 Å². The largest absolute Gasteiger partial charge is 0.329 e. The van der Waals surface area contributed by atoms with Gasteiger partial charge in [0.15, 0.2) is 0 Å². The summed E-state index contributed by atoms with van der Waals surface area (Å²) in [6.07, 6.45) is 4.09. The van der Waals surface area contributed by atoms with Gasteiger partial charge in [0, 0.05) is 30.3 Å². The molecule has 1 aliphatic carbocycles. The molecule has 4 nitrogen and oxygen atoms in total. The molecule has 1 aromatic heterocycles. The van der Waals surface area contributed by atoms with E-state index in [2.05, 4.69) is 10.4 Å². The molecule has 0 fully saturated rings. The molecule has 0 radical (unpaired) electrons. The third-order valence-corrected chi connectivity index (χ3v) is 4.70. The molecule has 2 aromatic rings. The van der Waals surface area contributed by atoms with E-state index in [1.165, 1.54) is 17.9 Å². The van der Waals surface area contributed by atoms with E-state index in [1.807, 2.05) is 6.08 Å². The van der Waals surface area contributed by atoms with E-state index < -0.39 is 23.0 Å². The van der Waals surface area contributed by atoms with E-state index in [0.29, 0.717) is 17.0 Å². The number of carbonyl (C=O) groups is 1. The van der Waals surface area contributed by atoms with E-state index in [9.17, 15) is 13.6 Å². The fourth-order valence-electron chi connectivity index (χ4n) is 2.80. The molecule has 1 amide bonds. The molecule has 0 saturated carbocycles. The zero-order valence-corrected chi connectivity index (χ0v) is 15.2. The number of allylic oxidation sites excluding steroid dienone is 2. The number of halogens is 4. The molecule has 136 valence electrons. The maximum Gasteiger partial charge on any atom is 0.282 e. The predicted octanol–water partition coefficient (Wildman–Crippen LogP) is 4.72. The Balaban J connectivity index is 1.92. The molecular formula is C18H15Cl2F2N3O. The summed E-state index contributed by atoms with van der Waals surface area (Å²) in [5.74, 6) is -0.710. The molecule has 26 heavy (non-hydrogen) atoms. The summed E-state index contributed by atoms with van der Waals surface area (Å²) in [5.41, 5.74) is 0.643. The number of alkyl halides is 3. The second kappa shape index (κ2) is 7.21. The minimum atomic E-state index is -2.86. The monoisotopic (exact) mass is 397 g/mol. The van der Waals surface area contributed by atoms with Crippen LogP contribution in [-0.4, -0.2) is 20.7 Å². The van der Waals surface area contributed by atoms with Crippen LogP contribution in [0.2, 0.25) is 5.02 Å². The van der Waals surface area contributed by atoms with Gasteiger partial charge in [-0.25, -0.2) is 8.78 Å². The topological polar surface area (TPSA) is 46.9 Å². The highest BCUT2D eigenvalue weighted by molar-refractivity contribution is 6.32. The lowest BCUT2D eigenvalue weighted by atomic mass is 9.91. The average molecular weight is 398 g/mol. The molecule has 0 bridgehead atoms. The number of hydrogen-bond acceptors (Lipinski definition) is 2. The molecule has 0 saturated heterocycles. The molecule has 8 heteroatoms. The van der Waals surface area contributed by atoms with E-state index in [0.717, 1.165) is 5.56 Å². The van der Waals surface area contributed by atoms with Crippen LogP contribution >= 0.6 is 23.2 Å². The Labute approximate surface area is 159 Å². The third-order valence-electron chi connectivity index (χ3n) is 4.00. The van der Waals surface area contributed by atoms with Crippen molar-refractivity contribution in [1.29, 1.82) is 0 Å². The van der Waals surface area contributed by atoms with Crippen molar-refractivity contribution in [1.82, 2.24) is 15.1 Å². The number of nitrogens with one attached hydrogen (secondary N) is 1. The van der Waals surface area contributed by atoms with Crippen molar-refractivity contribution in [2.75, 3.05) is 0 Å². The van der Waals surface area contributed by atoms with Gasteiger partial charge in [0.05, 0.1) is 5.56 Å². The number of aromatic nitrogens is 2. The number of aryl methyl sites for hydroxylation is 1. The van der Waals surface area contributed by atoms with Crippen molar-refractivity contribution in [3.8, 4) is 0 Å². The minimum absolute atomic E-state index is 0.201. The number of rotatable bonds is 4. The van der Waals surface area contributed by atoms with Crippen LogP contribution in [0, 0.1) is 0 Å². The highest BCUT2D eigenvalue weighted by atomic mass is 35.5. The molecule has 1 unspecified atom stereocenters. The maximum absolute atomic E-state index is 13.1. The normalized spacial score (nSPS) is 19.5. The fourth-order valence-corrected chi connectivity index (χ4v) is 3.27. The second-order valence-electron chi connectivity index (χ2n) is 5.88. The van der Waals surface area contributed by atoms with Crippen LogP contribution in [0.1, 0.15) is 34.5 Å².